The number of hydrogen-bond acceptors (Lipinski definition) is 5. The highest BCUT2D eigenvalue weighted by Crippen LogP contribution is 2.34. The lowest BCUT2D eigenvalue weighted by Crippen LogP contribution is -2.27. The summed E-state index contributed by atoms with van der Waals surface area (Å²) in [6, 6.07) is 15.9. The van der Waals surface area contributed by atoms with E-state index in [1.807, 2.05) is 48.7 Å². The van der Waals surface area contributed by atoms with Gasteiger partial charge in [-0.25, -0.2) is 0 Å². The molecule has 7 nitrogen and oxygen atoms in total. The molecule has 2 heterocycles. The van der Waals surface area contributed by atoms with E-state index in [0.29, 0.717) is 4.91 Å². The summed E-state index contributed by atoms with van der Waals surface area (Å²) in [5, 5.41) is 10.6. The molecule has 162 valence electrons. The lowest BCUT2D eigenvalue weighted by atomic mass is 10.2. The standard InChI is InChI=1S/C23H18IN3O4S/c1-14-11-17(15(2)26(14)19-7-9-20(10-8-19)27(30)31)12-21-22(28)25(23(29)32-21)13-16-3-5-18(24)6-4-16/h3-12H,13H2,1-2H3/b21-12-. The number of amides is 2. The van der Waals surface area contributed by atoms with Crippen LogP contribution in [0, 0.1) is 27.5 Å². The number of carbonyl (C=O) groups excluding carboxylic acids is 2. The van der Waals surface area contributed by atoms with Gasteiger partial charge in [-0.3, -0.25) is 24.6 Å². The molecule has 1 aliphatic rings. The van der Waals surface area contributed by atoms with E-state index in [0.717, 1.165) is 43.5 Å². The number of non-ortho nitro benzene ring substituents is 1. The minimum absolute atomic E-state index is 0.0261. The molecule has 32 heavy (non-hydrogen) atoms. The maximum absolute atomic E-state index is 12.9. The lowest BCUT2D eigenvalue weighted by Gasteiger charge is -2.12. The summed E-state index contributed by atoms with van der Waals surface area (Å²) in [4.78, 5) is 37.5. The lowest BCUT2D eigenvalue weighted by molar-refractivity contribution is -0.384. The third-order valence-electron chi connectivity index (χ3n) is 5.20. The fraction of sp³-hybridized carbons (Fsp3) is 0.130. The average molecular weight is 559 g/mol. The third-order valence-corrected chi connectivity index (χ3v) is 6.83. The molecule has 0 bridgehead atoms. The van der Waals surface area contributed by atoms with Crippen molar-refractivity contribution >= 4 is 57.3 Å². The second-order valence-electron chi connectivity index (χ2n) is 7.33. The van der Waals surface area contributed by atoms with Crippen molar-refractivity contribution in [3.05, 3.63) is 95.7 Å². The van der Waals surface area contributed by atoms with Gasteiger partial charge in [-0.1, -0.05) is 12.1 Å². The van der Waals surface area contributed by atoms with Gasteiger partial charge in [-0.15, -0.1) is 0 Å². The van der Waals surface area contributed by atoms with Crippen molar-refractivity contribution in [1.82, 2.24) is 9.47 Å². The van der Waals surface area contributed by atoms with Crippen LogP contribution in [0.5, 0.6) is 0 Å². The van der Waals surface area contributed by atoms with Gasteiger partial charge in [0.1, 0.15) is 0 Å². The van der Waals surface area contributed by atoms with Crippen LogP contribution in [0.3, 0.4) is 0 Å². The second-order valence-corrected chi connectivity index (χ2v) is 9.57. The molecule has 0 N–H and O–H groups in total. The topological polar surface area (TPSA) is 85.5 Å². The molecular weight excluding hydrogens is 541 g/mol. The quantitative estimate of drug-likeness (QED) is 0.170. The first-order valence-electron chi connectivity index (χ1n) is 9.68. The number of halogens is 1. The molecule has 0 atom stereocenters. The SMILES string of the molecule is Cc1cc(/C=C2\SC(=O)N(Cc3ccc(I)cc3)C2=O)c(C)n1-c1ccc([N+](=O)[O-])cc1. The third kappa shape index (κ3) is 4.35. The summed E-state index contributed by atoms with van der Waals surface area (Å²) in [5.74, 6) is -0.307. The molecule has 1 aromatic heterocycles. The van der Waals surface area contributed by atoms with Crippen molar-refractivity contribution in [3.8, 4) is 5.69 Å². The predicted molar refractivity (Wildman–Crippen MR) is 133 cm³/mol. The summed E-state index contributed by atoms with van der Waals surface area (Å²) in [5.41, 5.74) is 4.32. The Morgan fingerprint density at radius 2 is 1.72 bits per heavy atom. The maximum Gasteiger partial charge on any atom is 0.293 e. The van der Waals surface area contributed by atoms with Crippen molar-refractivity contribution in [2.45, 2.75) is 20.4 Å². The van der Waals surface area contributed by atoms with E-state index in [9.17, 15) is 19.7 Å². The highest BCUT2D eigenvalue weighted by molar-refractivity contribution is 14.1. The molecule has 3 aromatic rings. The first-order chi connectivity index (χ1) is 15.2. The summed E-state index contributed by atoms with van der Waals surface area (Å²) in [7, 11) is 0. The molecule has 0 unspecified atom stereocenters. The normalized spacial score (nSPS) is 15.1. The highest BCUT2D eigenvalue weighted by atomic mass is 127. The smallest absolute Gasteiger partial charge is 0.293 e. The molecule has 4 rings (SSSR count). The average Bonchev–Trinajstić information content (AvgIpc) is 3.19. The summed E-state index contributed by atoms with van der Waals surface area (Å²) in [6.07, 6.45) is 1.74. The second kappa shape index (κ2) is 8.91. The van der Waals surface area contributed by atoms with Gasteiger partial charge in [-0.2, -0.15) is 0 Å². The first kappa shape index (κ1) is 22.3. The van der Waals surface area contributed by atoms with Crippen molar-refractivity contribution in [2.75, 3.05) is 0 Å². The number of nitrogens with zero attached hydrogens (tertiary/aromatic N) is 3. The van der Waals surface area contributed by atoms with Gasteiger partial charge in [0.2, 0.25) is 0 Å². The van der Waals surface area contributed by atoms with E-state index < -0.39 is 4.92 Å². The number of hydrogen-bond donors (Lipinski definition) is 0. The number of benzene rings is 2. The maximum atomic E-state index is 12.9. The monoisotopic (exact) mass is 559 g/mol. The zero-order valence-electron chi connectivity index (χ0n) is 17.2. The van der Waals surface area contributed by atoms with Gasteiger partial charge >= 0.3 is 0 Å². The van der Waals surface area contributed by atoms with Crippen LogP contribution in [0.2, 0.25) is 0 Å². The number of aryl methyl sites for hydroxylation is 1. The molecular formula is C23H18IN3O4S. The largest absolute Gasteiger partial charge is 0.318 e. The van der Waals surface area contributed by atoms with Crippen LogP contribution in [-0.2, 0) is 11.3 Å². The number of aromatic nitrogens is 1. The van der Waals surface area contributed by atoms with Crippen LogP contribution in [0.4, 0.5) is 10.5 Å². The molecule has 2 aromatic carbocycles. The van der Waals surface area contributed by atoms with Gasteiger partial charge in [0.05, 0.1) is 16.4 Å². The summed E-state index contributed by atoms with van der Waals surface area (Å²) < 4.78 is 3.05. The number of nitro benzene ring substituents is 1. The summed E-state index contributed by atoms with van der Waals surface area (Å²) >= 11 is 3.15. The molecule has 1 aliphatic heterocycles. The van der Waals surface area contributed by atoms with E-state index in [2.05, 4.69) is 22.6 Å². The molecule has 0 spiro atoms. The number of imide groups is 1. The summed E-state index contributed by atoms with van der Waals surface area (Å²) in [6.45, 7) is 4.07. The van der Waals surface area contributed by atoms with E-state index in [-0.39, 0.29) is 23.4 Å². The molecule has 9 heteroatoms. The Balaban J connectivity index is 1.61. The molecule has 1 saturated heterocycles. The van der Waals surface area contributed by atoms with Crippen molar-refractivity contribution < 1.29 is 14.5 Å². The number of rotatable bonds is 5. The Hall–Kier alpha value is -2.92. The van der Waals surface area contributed by atoms with Gasteiger partial charge < -0.3 is 4.57 Å². The van der Waals surface area contributed by atoms with E-state index in [1.165, 1.54) is 17.0 Å². The zero-order chi connectivity index (χ0) is 23.0. The Kier molecular flexibility index (Phi) is 6.20. The minimum atomic E-state index is -0.434. The molecule has 0 aliphatic carbocycles. The fourth-order valence-corrected chi connectivity index (χ4v) is 4.79. The van der Waals surface area contributed by atoms with Gasteiger partial charge in [0.25, 0.3) is 16.8 Å². The minimum Gasteiger partial charge on any atom is -0.318 e. The van der Waals surface area contributed by atoms with E-state index in [1.54, 1.807) is 18.2 Å². The Morgan fingerprint density at radius 1 is 1.06 bits per heavy atom. The van der Waals surface area contributed by atoms with Crippen LogP contribution < -0.4 is 0 Å². The number of carbonyl (C=O) groups is 2. The van der Waals surface area contributed by atoms with Crippen LogP contribution >= 0.6 is 34.4 Å². The Bertz CT molecular complexity index is 1260. The van der Waals surface area contributed by atoms with Crippen LogP contribution in [0.15, 0.2) is 59.5 Å². The van der Waals surface area contributed by atoms with E-state index in [4.69, 9.17) is 0 Å². The molecule has 2 amide bonds. The first-order valence-corrected chi connectivity index (χ1v) is 11.6. The van der Waals surface area contributed by atoms with Gasteiger partial charge in [0, 0.05) is 32.8 Å². The van der Waals surface area contributed by atoms with E-state index >= 15 is 0 Å². The van der Waals surface area contributed by atoms with Crippen LogP contribution in [0.1, 0.15) is 22.5 Å². The van der Waals surface area contributed by atoms with Gasteiger partial charge in [0.15, 0.2) is 0 Å². The molecule has 0 radical (unpaired) electrons. The Morgan fingerprint density at radius 3 is 2.34 bits per heavy atom. The Labute approximate surface area is 202 Å². The molecule has 0 saturated carbocycles. The van der Waals surface area contributed by atoms with Crippen molar-refractivity contribution in [1.29, 1.82) is 0 Å². The fourth-order valence-electron chi connectivity index (χ4n) is 3.60. The van der Waals surface area contributed by atoms with Gasteiger partial charge in [-0.05, 0) is 95.7 Å². The highest BCUT2D eigenvalue weighted by Gasteiger charge is 2.35. The number of thioether (sulfide) groups is 1. The zero-order valence-corrected chi connectivity index (χ0v) is 20.2. The predicted octanol–water partition coefficient (Wildman–Crippen LogP) is 5.84. The molecule has 1 fully saturated rings. The van der Waals surface area contributed by atoms with Crippen LogP contribution in [-0.4, -0.2) is 25.5 Å². The number of nitro groups is 1. The van der Waals surface area contributed by atoms with Crippen molar-refractivity contribution in [3.63, 3.8) is 0 Å². The van der Waals surface area contributed by atoms with Crippen LogP contribution in [0.25, 0.3) is 11.8 Å². The van der Waals surface area contributed by atoms with Crippen molar-refractivity contribution in [2.24, 2.45) is 0 Å².